The van der Waals surface area contributed by atoms with E-state index in [0.717, 1.165) is 27.9 Å². The summed E-state index contributed by atoms with van der Waals surface area (Å²) in [4.78, 5) is 15.9. The summed E-state index contributed by atoms with van der Waals surface area (Å²) in [6.07, 6.45) is 1.69. The third-order valence-corrected chi connectivity index (χ3v) is 3.82. The second kappa shape index (κ2) is 6.12. The van der Waals surface area contributed by atoms with Gasteiger partial charge >= 0.3 is 6.03 Å². The van der Waals surface area contributed by atoms with E-state index in [4.69, 9.17) is 4.42 Å². The normalized spacial score (nSPS) is 10.8. The SMILES string of the molecule is CNC(=O)Nc1ccc(-c2[nH]ncc2-c2nc3ccccc3o2)cc1. The summed E-state index contributed by atoms with van der Waals surface area (Å²) in [7, 11) is 1.57. The van der Waals surface area contributed by atoms with E-state index in [1.54, 1.807) is 13.2 Å². The van der Waals surface area contributed by atoms with E-state index in [-0.39, 0.29) is 6.03 Å². The molecule has 0 saturated heterocycles. The van der Waals surface area contributed by atoms with Crippen molar-refractivity contribution in [2.75, 3.05) is 12.4 Å². The topological polar surface area (TPSA) is 95.8 Å². The maximum Gasteiger partial charge on any atom is 0.318 e. The summed E-state index contributed by atoms with van der Waals surface area (Å²) in [6, 6.07) is 14.8. The van der Waals surface area contributed by atoms with Gasteiger partial charge in [0.1, 0.15) is 5.52 Å². The molecule has 4 rings (SSSR count). The smallest absolute Gasteiger partial charge is 0.318 e. The van der Waals surface area contributed by atoms with E-state index < -0.39 is 0 Å². The molecule has 4 aromatic rings. The number of benzene rings is 2. The van der Waals surface area contributed by atoms with Gasteiger partial charge in [-0.05, 0) is 24.3 Å². The molecule has 2 amide bonds. The molecule has 0 bridgehead atoms. The molecule has 7 nitrogen and oxygen atoms in total. The minimum atomic E-state index is -0.263. The number of fused-ring (bicyclic) bond motifs is 1. The zero-order chi connectivity index (χ0) is 17.2. The first-order chi connectivity index (χ1) is 12.2. The van der Waals surface area contributed by atoms with Crippen molar-refractivity contribution in [1.82, 2.24) is 20.5 Å². The van der Waals surface area contributed by atoms with Crippen LogP contribution in [0.5, 0.6) is 0 Å². The van der Waals surface area contributed by atoms with E-state index in [1.165, 1.54) is 0 Å². The molecule has 0 spiro atoms. The highest BCUT2D eigenvalue weighted by Gasteiger charge is 2.15. The Hall–Kier alpha value is -3.61. The number of aromatic amines is 1. The predicted octanol–water partition coefficient (Wildman–Crippen LogP) is 3.64. The molecule has 0 aliphatic heterocycles. The first-order valence-corrected chi connectivity index (χ1v) is 7.73. The molecule has 0 fully saturated rings. The van der Waals surface area contributed by atoms with Gasteiger partial charge in [0.2, 0.25) is 5.89 Å². The number of rotatable bonds is 3. The highest BCUT2D eigenvalue weighted by molar-refractivity contribution is 5.89. The Morgan fingerprint density at radius 3 is 2.68 bits per heavy atom. The largest absolute Gasteiger partial charge is 0.436 e. The Bertz CT molecular complexity index is 1000. The fraction of sp³-hybridized carbons (Fsp3) is 0.0556. The van der Waals surface area contributed by atoms with Gasteiger partial charge in [0.05, 0.1) is 17.5 Å². The Morgan fingerprint density at radius 1 is 1.12 bits per heavy atom. The van der Waals surface area contributed by atoms with Crippen molar-refractivity contribution in [3.8, 4) is 22.7 Å². The van der Waals surface area contributed by atoms with Crippen LogP contribution in [-0.4, -0.2) is 28.3 Å². The van der Waals surface area contributed by atoms with Crippen molar-refractivity contribution < 1.29 is 9.21 Å². The van der Waals surface area contributed by atoms with Crippen LogP contribution in [0, 0.1) is 0 Å². The quantitative estimate of drug-likeness (QED) is 0.533. The summed E-state index contributed by atoms with van der Waals surface area (Å²) in [6.45, 7) is 0. The van der Waals surface area contributed by atoms with Crippen molar-refractivity contribution >= 4 is 22.8 Å². The third-order valence-electron chi connectivity index (χ3n) is 3.82. The van der Waals surface area contributed by atoms with Crippen LogP contribution >= 0.6 is 0 Å². The maximum absolute atomic E-state index is 11.4. The minimum Gasteiger partial charge on any atom is -0.436 e. The molecule has 0 radical (unpaired) electrons. The second-order valence-electron chi connectivity index (χ2n) is 5.43. The van der Waals surface area contributed by atoms with Gasteiger partial charge in [0, 0.05) is 18.3 Å². The number of aromatic nitrogens is 3. The zero-order valence-corrected chi connectivity index (χ0v) is 13.4. The molecular weight excluding hydrogens is 318 g/mol. The number of carbonyl (C=O) groups is 1. The fourth-order valence-corrected chi connectivity index (χ4v) is 2.57. The van der Waals surface area contributed by atoms with Crippen LogP contribution in [0.15, 0.2) is 59.1 Å². The molecule has 0 saturated carbocycles. The Morgan fingerprint density at radius 2 is 1.92 bits per heavy atom. The first-order valence-electron chi connectivity index (χ1n) is 7.73. The van der Waals surface area contributed by atoms with Crippen LogP contribution in [0.2, 0.25) is 0 Å². The lowest BCUT2D eigenvalue weighted by atomic mass is 10.1. The lowest BCUT2D eigenvalue weighted by molar-refractivity contribution is 0.254. The van der Waals surface area contributed by atoms with E-state index >= 15 is 0 Å². The molecule has 0 aliphatic rings. The third kappa shape index (κ3) is 2.83. The zero-order valence-electron chi connectivity index (χ0n) is 13.4. The molecule has 7 heteroatoms. The molecule has 0 unspecified atom stereocenters. The van der Waals surface area contributed by atoms with E-state index in [2.05, 4.69) is 25.8 Å². The average Bonchev–Trinajstić information content (AvgIpc) is 3.28. The Kier molecular flexibility index (Phi) is 3.66. The number of amides is 2. The van der Waals surface area contributed by atoms with Crippen LogP contribution < -0.4 is 10.6 Å². The molecule has 124 valence electrons. The van der Waals surface area contributed by atoms with E-state index in [9.17, 15) is 4.79 Å². The highest BCUT2D eigenvalue weighted by Crippen LogP contribution is 2.32. The summed E-state index contributed by atoms with van der Waals surface area (Å²) in [5.74, 6) is 0.512. The number of anilines is 1. The van der Waals surface area contributed by atoms with E-state index in [1.807, 2.05) is 48.5 Å². The lowest BCUT2D eigenvalue weighted by Crippen LogP contribution is -2.24. The van der Waals surface area contributed by atoms with Gasteiger partial charge in [-0.3, -0.25) is 5.10 Å². The van der Waals surface area contributed by atoms with Crippen LogP contribution in [0.25, 0.3) is 33.8 Å². The lowest BCUT2D eigenvalue weighted by Gasteiger charge is -2.05. The number of nitrogens with one attached hydrogen (secondary N) is 3. The van der Waals surface area contributed by atoms with Gasteiger partial charge in [0.15, 0.2) is 5.58 Å². The summed E-state index contributed by atoms with van der Waals surface area (Å²) in [5.41, 5.74) is 4.73. The number of hydrogen-bond acceptors (Lipinski definition) is 4. The number of urea groups is 1. The van der Waals surface area contributed by atoms with Crippen molar-refractivity contribution in [3.63, 3.8) is 0 Å². The van der Waals surface area contributed by atoms with Gasteiger partial charge in [0.25, 0.3) is 0 Å². The van der Waals surface area contributed by atoms with Crippen LogP contribution in [0.4, 0.5) is 10.5 Å². The van der Waals surface area contributed by atoms with Gasteiger partial charge in [-0.25, -0.2) is 9.78 Å². The summed E-state index contributed by atoms with van der Waals surface area (Å²) >= 11 is 0. The van der Waals surface area contributed by atoms with Gasteiger partial charge < -0.3 is 15.1 Å². The van der Waals surface area contributed by atoms with Crippen molar-refractivity contribution in [3.05, 3.63) is 54.7 Å². The number of carbonyl (C=O) groups excluding carboxylic acids is 1. The van der Waals surface area contributed by atoms with Crippen molar-refractivity contribution in [2.24, 2.45) is 0 Å². The Balaban J connectivity index is 1.68. The number of oxazole rings is 1. The molecule has 2 aromatic carbocycles. The number of hydrogen-bond donors (Lipinski definition) is 3. The van der Waals surface area contributed by atoms with Gasteiger partial charge in [-0.1, -0.05) is 24.3 Å². The number of nitrogens with zero attached hydrogens (tertiary/aromatic N) is 2. The van der Waals surface area contributed by atoms with E-state index in [0.29, 0.717) is 11.6 Å². The van der Waals surface area contributed by atoms with Gasteiger partial charge in [-0.2, -0.15) is 5.10 Å². The molecule has 2 heterocycles. The Labute approximate surface area is 143 Å². The molecule has 0 aliphatic carbocycles. The summed E-state index contributed by atoms with van der Waals surface area (Å²) in [5, 5.41) is 12.3. The van der Waals surface area contributed by atoms with Crippen LogP contribution in [-0.2, 0) is 0 Å². The molecular formula is C18H15N5O2. The van der Waals surface area contributed by atoms with Crippen molar-refractivity contribution in [2.45, 2.75) is 0 Å². The number of para-hydroxylation sites is 2. The molecule has 0 atom stereocenters. The fourth-order valence-electron chi connectivity index (χ4n) is 2.57. The monoisotopic (exact) mass is 333 g/mol. The minimum absolute atomic E-state index is 0.263. The molecule has 3 N–H and O–H groups in total. The number of H-pyrrole nitrogens is 1. The highest BCUT2D eigenvalue weighted by atomic mass is 16.3. The predicted molar refractivity (Wildman–Crippen MR) is 95.1 cm³/mol. The molecule has 2 aromatic heterocycles. The average molecular weight is 333 g/mol. The van der Waals surface area contributed by atoms with Gasteiger partial charge in [-0.15, -0.1) is 0 Å². The van der Waals surface area contributed by atoms with Crippen molar-refractivity contribution in [1.29, 1.82) is 0 Å². The maximum atomic E-state index is 11.4. The van der Waals surface area contributed by atoms with Crippen LogP contribution in [0.1, 0.15) is 0 Å². The molecule has 25 heavy (non-hydrogen) atoms. The van der Waals surface area contributed by atoms with Crippen LogP contribution in [0.3, 0.4) is 0 Å². The first kappa shape index (κ1) is 14.9. The standard InChI is InChI=1S/C18H15N5O2/c1-19-18(24)21-12-8-6-11(7-9-12)16-13(10-20-23-16)17-22-14-4-2-3-5-15(14)25-17/h2-10H,1H3,(H,20,23)(H2,19,21,24). The second-order valence-corrected chi connectivity index (χ2v) is 5.43. The summed E-state index contributed by atoms with van der Waals surface area (Å²) < 4.78 is 5.83.